The minimum absolute atomic E-state index is 0.309. The van der Waals surface area contributed by atoms with Crippen LogP contribution in [0.5, 0.6) is 17.2 Å². The second kappa shape index (κ2) is 16.6. The minimum atomic E-state index is -0.676. The van der Waals surface area contributed by atoms with Crippen molar-refractivity contribution in [2.75, 3.05) is 19.8 Å². The Bertz CT molecular complexity index is 693. The summed E-state index contributed by atoms with van der Waals surface area (Å²) >= 11 is 0. The van der Waals surface area contributed by atoms with Gasteiger partial charge in [0.1, 0.15) is 6.10 Å². The summed E-state index contributed by atoms with van der Waals surface area (Å²) in [4.78, 5) is 13.1. The molecule has 0 heterocycles. The van der Waals surface area contributed by atoms with Crippen LogP contribution in [0.2, 0.25) is 0 Å². The summed E-state index contributed by atoms with van der Waals surface area (Å²) < 4.78 is 24.0. The number of carbonyl (C=O) groups excluding carboxylic acids is 1. The van der Waals surface area contributed by atoms with Gasteiger partial charge in [-0.25, -0.2) is 4.79 Å². The summed E-state index contributed by atoms with van der Waals surface area (Å²) in [5.41, 5.74) is 0.316. The first-order valence-corrected chi connectivity index (χ1v) is 13.6. The Kier molecular flexibility index (Phi) is 13.9. The molecule has 35 heavy (non-hydrogen) atoms. The standard InChI is InChI=1S/C28H46O7/c1-4-7-10-13-32-25-16-21(28(31)35-24-19-22(29)18-23(30)20-24)17-26(33-14-11-8-5-2)27(25)34-15-12-9-6-3/h16-17,22-24,29-30H,4-15,18-20H2,1-3H3. The number of carbonyl (C=O) groups is 1. The highest BCUT2D eigenvalue weighted by atomic mass is 16.6. The molecule has 1 aromatic rings. The molecule has 2 atom stereocenters. The number of esters is 1. The van der Waals surface area contributed by atoms with Gasteiger partial charge in [-0.2, -0.15) is 0 Å². The van der Waals surface area contributed by atoms with Crippen LogP contribution in [-0.2, 0) is 4.74 Å². The predicted octanol–water partition coefficient (Wildman–Crippen LogP) is 5.82. The maximum atomic E-state index is 13.1. The van der Waals surface area contributed by atoms with E-state index >= 15 is 0 Å². The molecular weight excluding hydrogens is 448 g/mol. The van der Waals surface area contributed by atoms with Crippen molar-refractivity contribution >= 4 is 5.97 Å². The van der Waals surface area contributed by atoms with Gasteiger partial charge in [0.25, 0.3) is 0 Å². The highest BCUT2D eigenvalue weighted by Gasteiger charge is 2.30. The molecule has 7 nitrogen and oxygen atoms in total. The monoisotopic (exact) mass is 494 g/mol. The van der Waals surface area contributed by atoms with Crippen LogP contribution in [0.3, 0.4) is 0 Å². The molecule has 1 aliphatic carbocycles. The Balaban J connectivity index is 2.26. The fourth-order valence-electron chi connectivity index (χ4n) is 4.17. The van der Waals surface area contributed by atoms with E-state index in [0.717, 1.165) is 57.8 Å². The van der Waals surface area contributed by atoms with Crippen LogP contribution in [0, 0.1) is 0 Å². The number of unbranched alkanes of at least 4 members (excludes halogenated alkanes) is 6. The third-order valence-corrected chi connectivity index (χ3v) is 6.15. The fraction of sp³-hybridized carbons (Fsp3) is 0.750. The number of ether oxygens (including phenoxy) is 4. The molecular formula is C28H46O7. The molecule has 0 radical (unpaired) electrons. The molecule has 0 amide bonds. The van der Waals surface area contributed by atoms with Gasteiger partial charge in [0, 0.05) is 12.8 Å². The lowest BCUT2D eigenvalue weighted by Crippen LogP contribution is -2.35. The van der Waals surface area contributed by atoms with Gasteiger partial charge in [-0.05, 0) is 37.8 Å². The van der Waals surface area contributed by atoms with Gasteiger partial charge in [-0.3, -0.25) is 0 Å². The molecule has 0 bridgehead atoms. The molecule has 7 heteroatoms. The summed E-state index contributed by atoms with van der Waals surface area (Å²) in [5, 5.41) is 19.9. The van der Waals surface area contributed by atoms with Crippen LogP contribution >= 0.6 is 0 Å². The van der Waals surface area contributed by atoms with Crippen LogP contribution in [0.1, 0.15) is 108 Å². The zero-order valence-electron chi connectivity index (χ0n) is 21.9. The molecule has 1 saturated carbocycles. The van der Waals surface area contributed by atoms with E-state index in [1.807, 2.05) is 0 Å². The van der Waals surface area contributed by atoms with Gasteiger partial charge in [0.05, 0.1) is 37.6 Å². The first-order valence-electron chi connectivity index (χ1n) is 13.6. The number of benzene rings is 1. The number of aliphatic hydroxyl groups is 2. The molecule has 1 fully saturated rings. The zero-order chi connectivity index (χ0) is 25.5. The molecule has 0 aliphatic heterocycles. The van der Waals surface area contributed by atoms with Crippen LogP contribution in [-0.4, -0.2) is 54.3 Å². The average Bonchev–Trinajstić information content (AvgIpc) is 2.82. The first kappa shape index (κ1) is 29.2. The summed E-state index contributed by atoms with van der Waals surface area (Å²) in [6, 6.07) is 3.33. The van der Waals surface area contributed by atoms with Gasteiger partial charge >= 0.3 is 5.97 Å². The quantitative estimate of drug-likeness (QED) is 0.208. The lowest BCUT2D eigenvalue weighted by atomic mass is 9.92. The van der Waals surface area contributed by atoms with Gasteiger partial charge in [0.2, 0.25) is 5.75 Å². The molecule has 0 spiro atoms. The average molecular weight is 495 g/mol. The summed E-state index contributed by atoms with van der Waals surface area (Å²) in [5.74, 6) is 0.988. The van der Waals surface area contributed by atoms with Crippen molar-refractivity contribution < 1.29 is 34.0 Å². The van der Waals surface area contributed by atoms with Gasteiger partial charge < -0.3 is 29.2 Å². The summed E-state index contributed by atoms with van der Waals surface area (Å²) in [7, 11) is 0. The maximum Gasteiger partial charge on any atom is 0.338 e. The van der Waals surface area contributed by atoms with Crippen molar-refractivity contribution in [3.8, 4) is 17.2 Å². The van der Waals surface area contributed by atoms with Crippen LogP contribution in [0.25, 0.3) is 0 Å². The van der Waals surface area contributed by atoms with Gasteiger partial charge in [-0.15, -0.1) is 0 Å². The van der Waals surface area contributed by atoms with Gasteiger partial charge in [0.15, 0.2) is 11.5 Å². The Morgan fingerprint density at radius 3 is 1.66 bits per heavy atom. The van der Waals surface area contributed by atoms with Crippen LogP contribution in [0.4, 0.5) is 0 Å². The normalized spacial score (nSPS) is 19.9. The molecule has 0 saturated heterocycles. The van der Waals surface area contributed by atoms with Crippen LogP contribution < -0.4 is 14.2 Å². The Hall–Kier alpha value is -1.99. The van der Waals surface area contributed by atoms with E-state index in [1.54, 1.807) is 12.1 Å². The van der Waals surface area contributed by atoms with E-state index in [2.05, 4.69) is 20.8 Å². The number of aliphatic hydroxyl groups excluding tert-OH is 2. The van der Waals surface area contributed by atoms with E-state index in [0.29, 0.717) is 61.9 Å². The molecule has 200 valence electrons. The van der Waals surface area contributed by atoms with E-state index in [4.69, 9.17) is 18.9 Å². The number of hydrogen-bond acceptors (Lipinski definition) is 7. The third kappa shape index (κ3) is 10.7. The predicted molar refractivity (Wildman–Crippen MR) is 137 cm³/mol. The van der Waals surface area contributed by atoms with E-state index < -0.39 is 24.3 Å². The lowest BCUT2D eigenvalue weighted by Gasteiger charge is -2.29. The van der Waals surface area contributed by atoms with Crippen molar-refractivity contribution in [3.63, 3.8) is 0 Å². The first-order chi connectivity index (χ1) is 17.0. The van der Waals surface area contributed by atoms with Crippen molar-refractivity contribution in [1.29, 1.82) is 0 Å². The second-order valence-electron chi connectivity index (χ2n) is 9.51. The summed E-state index contributed by atoms with van der Waals surface area (Å²) in [6.07, 6.45) is 8.26. The molecule has 1 aromatic carbocycles. The smallest absolute Gasteiger partial charge is 0.338 e. The SMILES string of the molecule is CCCCCOc1cc(C(=O)OC2CC(O)CC(O)C2)cc(OCCCCC)c1OCCCCC. The topological polar surface area (TPSA) is 94.5 Å². The zero-order valence-corrected chi connectivity index (χ0v) is 21.9. The second-order valence-corrected chi connectivity index (χ2v) is 9.51. The number of rotatable bonds is 17. The van der Waals surface area contributed by atoms with Crippen molar-refractivity contribution in [1.82, 2.24) is 0 Å². The lowest BCUT2D eigenvalue weighted by molar-refractivity contribution is -0.0408. The number of hydrogen-bond donors (Lipinski definition) is 2. The van der Waals surface area contributed by atoms with Crippen molar-refractivity contribution in [3.05, 3.63) is 17.7 Å². The Labute approximate surface area is 211 Å². The maximum absolute atomic E-state index is 13.1. The van der Waals surface area contributed by atoms with E-state index in [9.17, 15) is 15.0 Å². The molecule has 2 rings (SSSR count). The van der Waals surface area contributed by atoms with E-state index in [1.165, 1.54) is 0 Å². The van der Waals surface area contributed by atoms with Gasteiger partial charge in [-0.1, -0.05) is 59.3 Å². The Morgan fingerprint density at radius 1 is 0.743 bits per heavy atom. The highest BCUT2D eigenvalue weighted by molar-refractivity contribution is 5.91. The minimum Gasteiger partial charge on any atom is -0.490 e. The fourth-order valence-corrected chi connectivity index (χ4v) is 4.17. The molecule has 2 unspecified atom stereocenters. The largest absolute Gasteiger partial charge is 0.490 e. The van der Waals surface area contributed by atoms with E-state index in [-0.39, 0.29) is 0 Å². The summed E-state index contributed by atoms with van der Waals surface area (Å²) in [6.45, 7) is 8.02. The highest BCUT2D eigenvalue weighted by Crippen LogP contribution is 2.40. The molecule has 0 aromatic heterocycles. The van der Waals surface area contributed by atoms with Crippen molar-refractivity contribution in [2.45, 2.75) is 116 Å². The van der Waals surface area contributed by atoms with Crippen molar-refractivity contribution in [2.24, 2.45) is 0 Å². The van der Waals surface area contributed by atoms with Crippen LogP contribution in [0.15, 0.2) is 12.1 Å². The Morgan fingerprint density at radius 2 is 1.20 bits per heavy atom. The molecule has 2 N–H and O–H groups in total. The molecule has 1 aliphatic rings. The third-order valence-electron chi connectivity index (χ3n) is 6.15.